The highest BCUT2D eigenvalue weighted by molar-refractivity contribution is 5.77. The molecule has 1 unspecified atom stereocenters. The molecule has 0 saturated carbocycles. The first-order chi connectivity index (χ1) is 8.85. The van der Waals surface area contributed by atoms with Crippen molar-refractivity contribution in [1.29, 1.82) is 0 Å². The summed E-state index contributed by atoms with van der Waals surface area (Å²) in [6.45, 7) is 8.08. The third-order valence-corrected chi connectivity index (χ3v) is 3.04. The van der Waals surface area contributed by atoms with Crippen molar-refractivity contribution in [2.24, 2.45) is 5.92 Å². The number of aliphatic carboxylic acids is 1. The van der Waals surface area contributed by atoms with E-state index in [9.17, 15) is 9.59 Å². The second-order valence-electron chi connectivity index (χ2n) is 4.76. The summed E-state index contributed by atoms with van der Waals surface area (Å²) in [6.07, 6.45) is 0. The second kappa shape index (κ2) is 6.36. The number of nitrogens with zero attached hydrogens (tertiary/aromatic N) is 3. The second-order valence-corrected chi connectivity index (χ2v) is 4.76. The van der Waals surface area contributed by atoms with Gasteiger partial charge < -0.3 is 10.0 Å². The number of carboxylic acid groups (broad SMARTS) is 1. The molecule has 6 heteroatoms. The lowest BCUT2D eigenvalue weighted by atomic mass is 10.1. The Balaban J connectivity index is 2.69. The zero-order valence-corrected chi connectivity index (χ0v) is 11.9. The Morgan fingerprint density at radius 3 is 2.53 bits per heavy atom. The maximum absolute atomic E-state index is 12.1. The van der Waals surface area contributed by atoms with E-state index in [1.165, 1.54) is 0 Å². The molecule has 0 spiro atoms. The lowest BCUT2D eigenvalue weighted by molar-refractivity contribution is -0.143. The number of hydrogen-bond acceptors (Lipinski definition) is 3. The normalized spacial score (nSPS) is 12.2. The van der Waals surface area contributed by atoms with Crippen LogP contribution in [0.25, 0.3) is 0 Å². The molecular formula is C13H21N3O3. The van der Waals surface area contributed by atoms with E-state index in [1.807, 2.05) is 26.8 Å². The van der Waals surface area contributed by atoms with Gasteiger partial charge in [-0.2, -0.15) is 5.10 Å². The van der Waals surface area contributed by atoms with Crippen molar-refractivity contribution in [3.63, 3.8) is 0 Å². The van der Waals surface area contributed by atoms with E-state index in [0.29, 0.717) is 6.54 Å². The monoisotopic (exact) mass is 267 g/mol. The number of aromatic nitrogens is 2. The van der Waals surface area contributed by atoms with Crippen molar-refractivity contribution < 1.29 is 14.7 Å². The number of amides is 1. The van der Waals surface area contributed by atoms with Gasteiger partial charge in [0.1, 0.15) is 6.54 Å². The van der Waals surface area contributed by atoms with Crippen LogP contribution in [0.1, 0.15) is 25.2 Å². The number of carboxylic acids is 1. The number of carbonyl (C=O) groups excluding carboxylic acids is 1. The van der Waals surface area contributed by atoms with E-state index in [-0.39, 0.29) is 19.0 Å². The minimum Gasteiger partial charge on any atom is -0.481 e. The fourth-order valence-electron chi connectivity index (χ4n) is 1.88. The summed E-state index contributed by atoms with van der Waals surface area (Å²) < 4.78 is 1.64. The number of likely N-dealkylation sites (N-methyl/N-ethyl adjacent to an activating group) is 1. The molecule has 1 aromatic rings. The van der Waals surface area contributed by atoms with Crippen molar-refractivity contribution >= 4 is 11.9 Å². The molecule has 0 fully saturated rings. The van der Waals surface area contributed by atoms with Gasteiger partial charge in [0.05, 0.1) is 11.6 Å². The molecule has 106 valence electrons. The highest BCUT2D eigenvalue weighted by atomic mass is 16.4. The Bertz CT molecular complexity index is 468. The molecule has 1 aromatic heterocycles. The number of rotatable bonds is 6. The predicted molar refractivity (Wildman–Crippen MR) is 70.8 cm³/mol. The van der Waals surface area contributed by atoms with Gasteiger partial charge >= 0.3 is 5.97 Å². The first-order valence-electron chi connectivity index (χ1n) is 6.36. The quantitative estimate of drug-likeness (QED) is 0.836. The molecule has 6 nitrogen and oxygen atoms in total. The Labute approximate surface area is 113 Å². The molecule has 0 bridgehead atoms. The van der Waals surface area contributed by atoms with Crippen molar-refractivity contribution in [3.05, 3.63) is 17.5 Å². The van der Waals surface area contributed by atoms with Crippen LogP contribution in [0.4, 0.5) is 0 Å². The molecule has 1 rings (SSSR count). The van der Waals surface area contributed by atoms with E-state index in [2.05, 4.69) is 5.10 Å². The first kappa shape index (κ1) is 15.2. The van der Waals surface area contributed by atoms with Gasteiger partial charge in [0.15, 0.2) is 0 Å². The Morgan fingerprint density at radius 1 is 1.47 bits per heavy atom. The molecule has 0 aliphatic carbocycles. The van der Waals surface area contributed by atoms with Crippen LogP contribution in [0, 0.1) is 19.8 Å². The van der Waals surface area contributed by atoms with Crippen LogP contribution in [-0.4, -0.2) is 44.8 Å². The molecule has 0 aliphatic heterocycles. The van der Waals surface area contributed by atoms with Gasteiger partial charge in [0, 0.05) is 18.8 Å². The van der Waals surface area contributed by atoms with E-state index in [0.717, 1.165) is 11.4 Å². The smallest absolute Gasteiger partial charge is 0.308 e. The van der Waals surface area contributed by atoms with E-state index in [1.54, 1.807) is 16.5 Å². The van der Waals surface area contributed by atoms with Crippen LogP contribution in [0.3, 0.4) is 0 Å². The third-order valence-electron chi connectivity index (χ3n) is 3.04. The van der Waals surface area contributed by atoms with E-state index >= 15 is 0 Å². The highest BCUT2D eigenvalue weighted by Gasteiger charge is 2.20. The lowest BCUT2D eigenvalue weighted by Gasteiger charge is -2.23. The van der Waals surface area contributed by atoms with Crippen LogP contribution in [0.5, 0.6) is 0 Å². The molecule has 1 N–H and O–H groups in total. The first-order valence-corrected chi connectivity index (χ1v) is 6.36. The van der Waals surface area contributed by atoms with Crippen LogP contribution >= 0.6 is 0 Å². The van der Waals surface area contributed by atoms with Crippen molar-refractivity contribution in [2.45, 2.75) is 34.2 Å². The average molecular weight is 267 g/mol. The fourth-order valence-corrected chi connectivity index (χ4v) is 1.88. The molecule has 0 radical (unpaired) electrons. The predicted octanol–water partition coefficient (Wildman–Crippen LogP) is 1.07. The van der Waals surface area contributed by atoms with Gasteiger partial charge in [0.25, 0.3) is 0 Å². The maximum atomic E-state index is 12.1. The van der Waals surface area contributed by atoms with E-state index < -0.39 is 11.9 Å². The SMILES string of the molecule is CCN(CC(C)C(=O)O)C(=O)Cn1nc(C)cc1C. The molecule has 0 aliphatic rings. The topological polar surface area (TPSA) is 75.4 Å². The Kier molecular flexibility index (Phi) is 5.09. The Morgan fingerprint density at radius 2 is 2.11 bits per heavy atom. The minimum absolute atomic E-state index is 0.109. The molecule has 19 heavy (non-hydrogen) atoms. The summed E-state index contributed by atoms with van der Waals surface area (Å²) in [5.74, 6) is -1.57. The van der Waals surface area contributed by atoms with E-state index in [4.69, 9.17) is 5.11 Å². The largest absolute Gasteiger partial charge is 0.481 e. The van der Waals surface area contributed by atoms with Gasteiger partial charge in [0.2, 0.25) is 5.91 Å². The van der Waals surface area contributed by atoms with Gasteiger partial charge in [-0.05, 0) is 26.8 Å². The van der Waals surface area contributed by atoms with Gasteiger partial charge in [-0.15, -0.1) is 0 Å². The third kappa shape index (κ3) is 4.08. The highest BCUT2D eigenvalue weighted by Crippen LogP contribution is 2.05. The average Bonchev–Trinajstić information content (AvgIpc) is 2.64. The molecule has 1 heterocycles. The summed E-state index contributed by atoms with van der Waals surface area (Å²) in [6, 6.07) is 1.91. The summed E-state index contributed by atoms with van der Waals surface area (Å²) >= 11 is 0. The van der Waals surface area contributed by atoms with Crippen LogP contribution in [0.2, 0.25) is 0 Å². The van der Waals surface area contributed by atoms with Crippen LogP contribution in [-0.2, 0) is 16.1 Å². The van der Waals surface area contributed by atoms with Gasteiger partial charge in [-0.25, -0.2) is 0 Å². The number of aryl methyl sites for hydroxylation is 2. The van der Waals surface area contributed by atoms with Crippen LogP contribution in [0.15, 0.2) is 6.07 Å². The number of carbonyl (C=O) groups is 2. The van der Waals surface area contributed by atoms with Gasteiger partial charge in [-0.1, -0.05) is 6.92 Å². The standard InChI is InChI=1S/C13H21N3O3/c1-5-15(7-9(2)13(18)19)12(17)8-16-11(4)6-10(3)14-16/h6,9H,5,7-8H2,1-4H3,(H,18,19). The zero-order valence-electron chi connectivity index (χ0n) is 11.9. The van der Waals surface area contributed by atoms with Crippen molar-refractivity contribution in [1.82, 2.24) is 14.7 Å². The summed E-state index contributed by atoms with van der Waals surface area (Å²) in [5.41, 5.74) is 1.79. The van der Waals surface area contributed by atoms with Crippen molar-refractivity contribution in [3.8, 4) is 0 Å². The molecule has 0 saturated heterocycles. The summed E-state index contributed by atoms with van der Waals surface area (Å²) in [7, 11) is 0. The minimum atomic E-state index is -0.891. The van der Waals surface area contributed by atoms with Gasteiger partial charge in [-0.3, -0.25) is 14.3 Å². The molecule has 0 aromatic carbocycles. The summed E-state index contributed by atoms with van der Waals surface area (Å²) in [5, 5.41) is 13.1. The molecule has 1 atom stereocenters. The lowest BCUT2D eigenvalue weighted by Crippen LogP contribution is -2.39. The number of hydrogen-bond donors (Lipinski definition) is 1. The Hall–Kier alpha value is -1.85. The maximum Gasteiger partial charge on any atom is 0.308 e. The fraction of sp³-hybridized carbons (Fsp3) is 0.615. The summed E-state index contributed by atoms with van der Waals surface area (Å²) in [4.78, 5) is 24.5. The zero-order chi connectivity index (χ0) is 14.6. The molecule has 1 amide bonds. The van der Waals surface area contributed by atoms with Crippen LogP contribution < -0.4 is 0 Å². The van der Waals surface area contributed by atoms with Crippen molar-refractivity contribution in [2.75, 3.05) is 13.1 Å². The molecular weight excluding hydrogens is 246 g/mol.